The van der Waals surface area contributed by atoms with Crippen molar-refractivity contribution in [2.45, 2.75) is 20.8 Å². The summed E-state index contributed by atoms with van der Waals surface area (Å²) in [5, 5.41) is 4.33. The van der Waals surface area contributed by atoms with Crippen LogP contribution in [-0.2, 0) is 0 Å². The number of benzene rings is 1. The van der Waals surface area contributed by atoms with Crippen molar-refractivity contribution in [2.75, 3.05) is 11.9 Å². The Kier molecular flexibility index (Phi) is 4.49. The third-order valence-electron chi connectivity index (χ3n) is 2.82. The third-order valence-corrected chi connectivity index (χ3v) is 2.82. The standard InChI is InChI=1S/C18H20N2O/c1-18(2,3)12-5-4-6-13-19-15-8-7-9-16-14(15)10-11-17(21)20-16/h4,6-11,19H,13H2,1-3H3,(H,20,21)/b6-4-. The van der Waals surface area contributed by atoms with Crippen molar-refractivity contribution in [2.24, 2.45) is 5.41 Å². The minimum atomic E-state index is -0.0861. The van der Waals surface area contributed by atoms with E-state index in [2.05, 4.69) is 42.9 Å². The molecule has 2 aromatic rings. The Hall–Kier alpha value is -2.47. The molecule has 0 aliphatic carbocycles. The van der Waals surface area contributed by atoms with E-state index in [4.69, 9.17) is 0 Å². The Bertz CT molecular complexity index is 767. The van der Waals surface area contributed by atoms with E-state index in [9.17, 15) is 4.79 Å². The molecule has 3 heteroatoms. The molecule has 0 spiro atoms. The topological polar surface area (TPSA) is 44.9 Å². The molecule has 0 atom stereocenters. The van der Waals surface area contributed by atoms with Crippen LogP contribution in [0.3, 0.4) is 0 Å². The number of allylic oxidation sites excluding steroid dienone is 1. The van der Waals surface area contributed by atoms with Gasteiger partial charge >= 0.3 is 0 Å². The first-order chi connectivity index (χ1) is 9.96. The highest BCUT2D eigenvalue weighted by Gasteiger charge is 2.02. The average molecular weight is 280 g/mol. The van der Waals surface area contributed by atoms with E-state index in [0.717, 1.165) is 16.6 Å². The summed E-state index contributed by atoms with van der Waals surface area (Å²) in [6, 6.07) is 9.18. The summed E-state index contributed by atoms with van der Waals surface area (Å²) in [4.78, 5) is 14.1. The summed E-state index contributed by atoms with van der Waals surface area (Å²) < 4.78 is 0. The highest BCUT2D eigenvalue weighted by atomic mass is 16.1. The molecule has 0 bridgehead atoms. The van der Waals surface area contributed by atoms with Gasteiger partial charge < -0.3 is 10.3 Å². The second-order valence-electron chi connectivity index (χ2n) is 5.89. The number of anilines is 1. The monoisotopic (exact) mass is 280 g/mol. The van der Waals surface area contributed by atoms with Gasteiger partial charge in [0.15, 0.2) is 0 Å². The van der Waals surface area contributed by atoms with E-state index in [0.29, 0.717) is 6.54 Å². The highest BCUT2D eigenvalue weighted by Crippen LogP contribution is 2.20. The smallest absolute Gasteiger partial charge is 0.248 e. The summed E-state index contributed by atoms with van der Waals surface area (Å²) in [7, 11) is 0. The Morgan fingerprint density at radius 1 is 1.24 bits per heavy atom. The van der Waals surface area contributed by atoms with E-state index in [-0.39, 0.29) is 11.0 Å². The van der Waals surface area contributed by atoms with E-state index in [1.54, 1.807) is 0 Å². The Balaban J connectivity index is 2.06. The number of hydrogen-bond acceptors (Lipinski definition) is 2. The van der Waals surface area contributed by atoms with E-state index >= 15 is 0 Å². The molecule has 0 radical (unpaired) electrons. The number of fused-ring (bicyclic) bond motifs is 1. The molecule has 21 heavy (non-hydrogen) atoms. The molecule has 0 aliphatic heterocycles. The van der Waals surface area contributed by atoms with Crippen LogP contribution in [-0.4, -0.2) is 11.5 Å². The normalized spacial score (nSPS) is 11.4. The molecule has 3 nitrogen and oxygen atoms in total. The maximum atomic E-state index is 11.3. The summed E-state index contributed by atoms with van der Waals surface area (Å²) in [6.45, 7) is 6.95. The first-order valence-electron chi connectivity index (χ1n) is 6.99. The molecule has 0 saturated carbocycles. The number of aromatic nitrogens is 1. The van der Waals surface area contributed by atoms with Crippen molar-refractivity contribution in [3.05, 3.63) is 52.8 Å². The minimum Gasteiger partial charge on any atom is -0.381 e. The zero-order valence-corrected chi connectivity index (χ0v) is 12.7. The number of H-pyrrole nitrogens is 1. The first-order valence-corrected chi connectivity index (χ1v) is 6.99. The zero-order valence-electron chi connectivity index (χ0n) is 12.7. The molecule has 2 rings (SSSR count). The van der Waals surface area contributed by atoms with Gasteiger partial charge in [0.1, 0.15) is 0 Å². The maximum Gasteiger partial charge on any atom is 0.248 e. The van der Waals surface area contributed by atoms with Gasteiger partial charge in [0.05, 0.1) is 5.52 Å². The van der Waals surface area contributed by atoms with Crippen molar-refractivity contribution in [1.29, 1.82) is 0 Å². The molecule has 108 valence electrons. The lowest BCUT2D eigenvalue weighted by Gasteiger charge is -2.07. The summed E-state index contributed by atoms with van der Waals surface area (Å²) in [5.41, 5.74) is 1.78. The van der Waals surface area contributed by atoms with Crippen molar-refractivity contribution in [1.82, 2.24) is 4.98 Å². The highest BCUT2D eigenvalue weighted by molar-refractivity contribution is 5.91. The number of rotatable bonds is 3. The maximum absolute atomic E-state index is 11.3. The number of nitrogens with one attached hydrogen (secondary N) is 2. The van der Waals surface area contributed by atoms with Crippen LogP contribution in [0.1, 0.15) is 20.8 Å². The van der Waals surface area contributed by atoms with Gasteiger partial charge in [0.2, 0.25) is 5.56 Å². The van der Waals surface area contributed by atoms with Crippen LogP contribution in [0, 0.1) is 17.3 Å². The lowest BCUT2D eigenvalue weighted by Crippen LogP contribution is -2.04. The Morgan fingerprint density at radius 3 is 2.81 bits per heavy atom. The van der Waals surface area contributed by atoms with Crippen LogP contribution in [0.5, 0.6) is 0 Å². The minimum absolute atomic E-state index is 0.0271. The number of pyridine rings is 1. The Morgan fingerprint density at radius 2 is 2.05 bits per heavy atom. The lowest BCUT2D eigenvalue weighted by molar-refractivity contribution is 0.571. The predicted molar refractivity (Wildman–Crippen MR) is 89.4 cm³/mol. The molecule has 0 aliphatic rings. The van der Waals surface area contributed by atoms with Gasteiger partial charge in [-0.3, -0.25) is 4.79 Å². The van der Waals surface area contributed by atoms with Crippen LogP contribution in [0.15, 0.2) is 47.3 Å². The first kappa shape index (κ1) is 14.9. The number of hydrogen-bond donors (Lipinski definition) is 2. The molecule has 0 fully saturated rings. The molecule has 1 aromatic heterocycles. The van der Waals surface area contributed by atoms with Gasteiger partial charge in [-0.15, -0.1) is 0 Å². The van der Waals surface area contributed by atoms with Crippen molar-refractivity contribution >= 4 is 16.6 Å². The molecule has 1 heterocycles. The SMILES string of the molecule is CC(C)(C)C#C/C=C\CNc1cccc2[nH]c(=O)ccc12. The van der Waals surface area contributed by atoms with Crippen molar-refractivity contribution in [3.8, 4) is 11.8 Å². The van der Waals surface area contributed by atoms with Gasteiger partial charge in [0, 0.05) is 29.1 Å². The fourth-order valence-electron chi connectivity index (χ4n) is 1.89. The fraction of sp³-hybridized carbons (Fsp3) is 0.278. The molecule has 2 N–H and O–H groups in total. The van der Waals surface area contributed by atoms with Crippen molar-refractivity contribution < 1.29 is 0 Å². The van der Waals surface area contributed by atoms with Crippen LogP contribution in [0.25, 0.3) is 10.9 Å². The Labute approximate surface area is 125 Å². The van der Waals surface area contributed by atoms with Gasteiger partial charge in [-0.2, -0.15) is 0 Å². The summed E-state index contributed by atoms with van der Waals surface area (Å²) in [5.74, 6) is 6.19. The lowest BCUT2D eigenvalue weighted by atomic mass is 9.98. The summed E-state index contributed by atoms with van der Waals surface area (Å²) >= 11 is 0. The molecule has 1 aromatic carbocycles. The zero-order chi connectivity index (χ0) is 15.3. The summed E-state index contributed by atoms with van der Waals surface area (Å²) in [6.07, 6.45) is 3.86. The van der Waals surface area contributed by atoms with Gasteiger partial charge in [-0.1, -0.05) is 24.0 Å². The third kappa shape index (κ3) is 4.54. The molecular weight excluding hydrogens is 260 g/mol. The molecular formula is C18H20N2O. The van der Waals surface area contributed by atoms with Crippen molar-refractivity contribution in [3.63, 3.8) is 0 Å². The largest absolute Gasteiger partial charge is 0.381 e. The average Bonchev–Trinajstić information content (AvgIpc) is 2.41. The van der Waals surface area contributed by atoms with E-state index in [1.165, 1.54) is 6.07 Å². The van der Waals surface area contributed by atoms with Gasteiger partial charge in [0.25, 0.3) is 0 Å². The quantitative estimate of drug-likeness (QED) is 0.845. The fourth-order valence-corrected chi connectivity index (χ4v) is 1.89. The van der Waals surface area contributed by atoms with E-state index < -0.39 is 0 Å². The number of aromatic amines is 1. The van der Waals surface area contributed by atoms with Crippen LogP contribution in [0.2, 0.25) is 0 Å². The predicted octanol–water partition coefficient (Wildman–Crippen LogP) is 3.55. The van der Waals surface area contributed by atoms with E-state index in [1.807, 2.05) is 36.4 Å². The molecule has 0 amide bonds. The second-order valence-corrected chi connectivity index (χ2v) is 5.89. The van der Waals surface area contributed by atoms with Crippen LogP contribution < -0.4 is 10.9 Å². The van der Waals surface area contributed by atoms with Gasteiger partial charge in [-0.25, -0.2) is 0 Å². The molecule has 0 unspecified atom stereocenters. The second kappa shape index (κ2) is 6.32. The van der Waals surface area contributed by atoms with Gasteiger partial charge in [-0.05, 0) is 45.0 Å². The van der Waals surface area contributed by atoms with Crippen LogP contribution in [0.4, 0.5) is 5.69 Å². The molecule has 0 saturated heterocycles. The van der Waals surface area contributed by atoms with Crippen LogP contribution >= 0.6 is 0 Å².